The van der Waals surface area contributed by atoms with Crippen LogP contribution in [0.5, 0.6) is 5.75 Å². The summed E-state index contributed by atoms with van der Waals surface area (Å²) in [4.78, 5) is 11.7. The van der Waals surface area contributed by atoms with Crippen molar-refractivity contribution in [3.63, 3.8) is 0 Å². The molecule has 0 bridgehead atoms. The number of benzene rings is 2. The highest BCUT2D eigenvalue weighted by Gasteiger charge is 2.10. The van der Waals surface area contributed by atoms with E-state index in [1.165, 1.54) is 12.1 Å². The fraction of sp³-hybridized carbons (Fsp3) is 0.118. The zero-order valence-corrected chi connectivity index (χ0v) is 14.3. The Bertz CT molecular complexity index is 948. The zero-order valence-electron chi connectivity index (χ0n) is 12.0. The summed E-state index contributed by atoms with van der Waals surface area (Å²) in [6, 6.07) is 10.1. The molecule has 0 amide bonds. The number of fused-ring (bicyclic) bond motifs is 1. The van der Waals surface area contributed by atoms with E-state index in [1.54, 1.807) is 12.1 Å². The van der Waals surface area contributed by atoms with Crippen molar-refractivity contribution in [2.45, 2.75) is 13.5 Å². The fourth-order valence-electron chi connectivity index (χ4n) is 2.23. The molecule has 0 aliphatic heterocycles. The lowest BCUT2D eigenvalue weighted by molar-refractivity contribution is 0.307. The Balaban J connectivity index is 1.97. The molecule has 0 aliphatic rings. The zero-order chi connectivity index (χ0) is 16.6. The van der Waals surface area contributed by atoms with E-state index in [9.17, 15) is 4.79 Å². The van der Waals surface area contributed by atoms with Crippen LogP contribution >= 0.6 is 34.8 Å². The summed E-state index contributed by atoms with van der Waals surface area (Å²) in [6.45, 7) is 2.12. The third-order valence-corrected chi connectivity index (χ3v) is 4.36. The van der Waals surface area contributed by atoms with Crippen LogP contribution in [0.3, 0.4) is 0 Å². The van der Waals surface area contributed by atoms with Gasteiger partial charge in [0.1, 0.15) is 17.9 Å². The van der Waals surface area contributed by atoms with Crippen LogP contribution in [0.1, 0.15) is 11.1 Å². The van der Waals surface area contributed by atoms with E-state index in [0.717, 1.165) is 10.9 Å². The topological polar surface area (TPSA) is 39.4 Å². The second kappa shape index (κ2) is 6.44. The first kappa shape index (κ1) is 16.2. The maximum absolute atomic E-state index is 11.7. The summed E-state index contributed by atoms with van der Waals surface area (Å²) in [7, 11) is 0. The van der Waals surface area contributed by atoms with E-state index < -0.39 is 5.63 Å². The third-order valence-electron chi connectivity index (χ3n) is 3.34. The Kier molecular flexibility index (Phi) is 4.53. The van der Waals surface area contributed by atoms with Crippen LogP contribution in [-0.2, 0) is 6.61 Å². The van der Waals surface area contributed by atoms with Crippen LogP contribution in [0, 0.1) is 6.92 Å². The fourth-order valence-corrected chi connectivity index (χ4v) is 2.82. The van der Waals surface area contributed by atoms with Gasteiger partial charge in [0, 0.05) is 23.1 Å². The molecule has 0 saturated carbocycles. The Morgan fingerprint density at radius 1 is 1.00 bits per heavy atom. The Hall–Kier alpha value is -1.68. The minimum atomic E-state index is -0.430. The molecule has 0 fully saturated rings. The van der Waals surface area contributed by atoms with Crippen molar-refractivity contribution in [2.24, 2.45) is 0 Å². The van der Waals surface area contributed by atoms with Gasteiger partial charge in [-0.15, -0.1) is 0 Å². The van der Waals surface area contributed by atoms with Crippen molar-refractivity contribution in [1.82, 2.24) is 0 Å². The van der Waals surface area contributed by atoms with Crippen molar-refractivity contribution in [1.29, 1.82) is 0 Å². The molecule has 0 N–H and O–H groups in total. The van der Waals surface area contributed by atoms with E-state index >= 15 is 0 Å². The van der Waals surface area contributed by atoms with Crippen LogP contribution in [0.4, 0.5) is 0 Å². The third kappa shape index (κ3) is 3.47. The minimum Gasteiger partial charge on any atom is -0.487 e. The van der Waals surface area contributed by atoms with Gasteiger partial charge in [-0.25, -0.2) is 4.79 Å². The Morgan fingerprint density at radius 2 is 1.74 bits per heavy atom. The van der Waals surface area contributed by atoms with Crippen LogP contribution in [0.2, 0.25) is 15.1 Å². The average Bonchev–Trinajstić information content (AvgIpc) is 2.50. The second-order valence-corrected chi connectivity index (χ2v) is 6.30. The molecule has 1 heterocycles. The normalized spacial score (nSPS) is 11.0. The van der Waals surface area contributed by atoms with E-state index in [4.69, 9.17) is 44.0 Å². The molecule has 0 atom stereocenters. The van der Waals surface area contributed by atoms with E-state index in [2.05, 4.69) is 0 Å². The summed E-state index contributed by atoms with van der Waals surface area (Å²) in [5.74, 6) is 0.398. The predicted octanol–water partition coefficient (Wildman–Crippen LogP) is 5.64. The Morgan fingerprint density at radius 3 is 2.52 bits per heavy atom. The minimum absolute atomic E-state index is 0.156. The number of hydrogen-bond acceptors (Lipinski definition) is 3. The van der Waals surface area contributed by atoms with Crippen LogP contribution < -0.4 is 10.4 Å². The van der Waals surface area contributed by atoms with Crippen LogP contribution in [0.25, 0.3) is 11.0 Å². The van der Waals surface area contributed by atoms with Crippen molar-refractivity contribution < 1.29 is 9.15 Å². The SMILES string of the molecule is Cc1ccc2oc(=O)cc(COc3cc(Cl)c(Cl)cc3Cl)c2c1. The lowest BCUT2D eigenvalue weighted by atomic mass is 10.1. The van der Waals surface area contributed by atoms with Gasteiger partial charge in [-0.05, 0) is 25.1 Å². The van der Waals surface area contributed by atoms with Crippen molar-refractivity contribution >= 4 is 45.8 Å². The molecule has 0 unspecified atom stereocenters. The average molecular weight is 370 g/mol. The number of halogens is 3. The quantitative estimate of drug-likeness (QED) is 0.443. The maximum atomic E-state index is 11.7. The van der Waals surface area contributed by atoms with Gasteiger partial charge in [-0.2, -0.15) is 0 Å². The molecule has 118 valence electrons. The summed E-state index contributed by atoms with van der Waals surface area (Å²) in [5.41, 5.74) is 1.85. The number of ether oxygens (including phenoxy) is 1. The first-order chi connectivity index (χ1) is 10.9. The molecule has 0 spiro atoms. The number of hydrogen-bond donors (Lipinski definition) is 0. The van der Waals surface area contributed by atoms with Gasteiger partial charge in [0.15, 0.2) is 0 Å². The molecule has 0 saturated heterocycles. The highest BCUT2D eigenvalue weighted by Crippen LogP contribution is 2.34. The van der Waals surface area contributed by atoms with Gasteiger partial charge in [0.25, 0.3) is 0 Å². The summed E-state index contributed by atoms with van der Waals surface area (Å²) >= 11 is 18.0. The summed E-state index contributed by atoms with van der Waals surface area (Å²) in [5, 5.41) is 1.87. The molecule has 3 nitrogen and oxygen atoms in total. The monoisotopic (exact) mass is 368 g/mol. The largest absolute Gasteiger partial charge is 0.487 e. The highest BCUT2D eigenvalue weighted by atomic mass is 35.5. The lowest BCUT2D eigenvalue weighted by Crippen LogP contribution is -2.04. The molecule has 3 aromatic rings. The lowest BCUT2D eigenvalue weighted by Gasteiger charge is -2.11. The molecule has 2 aromatic carbocycles. The van der Waals surface area contributed by atoms with Crippen LogP contribution in [-0.4, -0.2) is 0 Å². The summed E-state index contributed by atoms with van der Waals surface area (Å²) < 4.78 is 10.9. The van der Waals surface area contributed by atoms with Gasteiger partial charge in [-0.1, -0.05) is 46.4 Å². The van der Waals surface area contributed by atoms with Crippen molar-refractivity contribution in [3.8, 4) is 5.75 Å². The van der Waals surface area contributed by atoms with E-state index in [-0.39, 0.29) is 6.61 Å². The molecular formula is C17H11Cl3O3. The molecule has 0 aliphatic carbocycles. The number of aryl methyl sites for hydroxylation is 1. The van der Waals surface area contributed by atoms with Crippen LogP contribution in [0.15, 0.2) is 45.6 Å². The molecule has 0 radical (unpaired) electrons. The molecular weight excluding hydrogens is 359 g/mol. The first-order valence-electron chi connectivity index (χ1n) is 6.75. The molecule has 6 heteroatoms. The standard InChI is InChI=1S/C17H11Cl3O3/c1-9-2-3-15-11(4-9)10(5-17(21)23-15)8-22-16-7-13(19)12(18)6-14(16)20/h2-7H,8H2,1H3. The van der Waals surface area contributed by atoms with Crippen molar-refractivity contribution in [3.05, 3.63) is 73.0 Å². The first-order valence-corrected chi connectivity index (χ1v) is 7.88. The molecule has 1 aromatic heterocycles. The smallest absolute Gasteiger partial charge is 0.336 e. The predicted molar refractivity (Wildman–Crippen MR) is 93.0 cm³/mol. The highest BCUT2D eigenvalue weighted by molar-refractivity contribution is 6.43. The molecule has 23 heavy (non-hydrogen) atoms. The van der Waals surface area contributed by atoms with Gasteiger partial charge in [0.2, 0.25) is 0 Å². The maximum Gasteiger partial charge on any atom is 0.336 e. The van der Waals surface area contributed by atoms with E-state index in [1.807, 2.05) is 19.1 Å². The Labute approximate surface area is 147 Å². The van der Waals surface area contributed by atoms with Gasteiger partial charge in [-0.3, -0.25) is 0 Å². The van der Waals surface area contributed by atoms with Gasteiger partial charge < -0.3 is 9.15 Å². The van der Waals surface area contributed by atoms with Gasteiger partial charge >= 0.3 is 5.63 Å². The van der Waals surface area contributed by atoms with Crippen molar-refractivity contribution in [2.75, 3.05) is 0 Å². The van der Waals surface area contributed by atoms with Gasteiger partial charge in [0.05, 0.1) is 15.1 Å². The molecule has 3 rings (SSSR count). The second-order valence-electron chi connectivity index (χ2n) is 5.08. The number of rotatable bonds is 3. The summed E-state index contributed by atoms with van der Waals surface area (Å²) in [6.07, 6.45) is 0. The van der Waals surface area contributed by atoms with E-state index in [0.29, 0.717) is 32.0 Å².